The maximum atomic E-state index is 11.8. The van der Waals surface area contributed by atoms with Crippen molar-refractivity contribution in [3.8, 4) is 0 Å². The Kier molecular flexibility index (Phi) is 6.16. The third-order valence-electron chi connectivity index (χ3n) is 3.04. The quantitative estimate of drug-likeness (QED) is 0.576. The molecule has 0 fully saturated rings. The molecule has 2 aromatic rings. The fourth-order valence-electron chi connectivity index (χ4n) is 2.08. The monoisotopic (exact) mass is 335 g/mol. The van der Waals surface area contributed by atoms with Crippen LogP contribution in [0, 0.1) is 6.92 Å². The van der Waals surface area contributed by atoms with E-state index in [1.165, 1.54) is 10.9 Å². The average molecular weight is 335 g/mol. The first-order valence-electron chi connectivity index (χ1n) is 7.41. The summed E-state index contributed by atoms with van der Waals surface area (Å²) in [6, 6.07) is 5.34. The molecular formula is C15H21N5O2S. The molecule has 2 amide bonds. The van der Waals surface area contributed by atoms with E-state index in [9.17, 15) is 9.59 Å². The maximum Gasteiger partial charge on any atom is 0.315 e. The number of nitrogens with one attached hydrogen (secondary N) is 4. The minimum atomic E-state index is -0.207. The Labute approximate surface area is 138 Å². The number of anilines is 1. The van der Waals surface area contributed by atoms with Gasteiger partial charge in [0.05, 0.1) is 0 Å². The zero-order valence-corrected chi connectivity index (χ0v) is 14.0. The minimum Gasteiger partial charge on any atom is -0.354 e. The first-order valence-corrected chi connectivity index (χ1v) is 8.29. The minimum absolute atomic E-state index is 0.0661. The number of nitrogens with zero attached hydrogens (tertiary/aromatic N) is 1. The normalized spacial score (nSPS) is 11.7. The van der Waals surface area contributed by atoms with Crippen molar-refractivity contribution in [1.29, 1.82) is 0 Å². The van der Waals surface area contributed by atoms with Gasteiger partial charge < -0.3 is 16.0 Å². The van der Waals surface area contributed by atoms with Crippen LogP contribution in [0.1, 0.15) is 17.5 Å². The third-order valence-corrected chi connectivity index (χ3v) is 3.94. The van der Waals surface area contributed by atoms with Gasteiger partial charge in [0.2, 0.25) is 5.95 Å². The number of hydrogen-bond donors (Lipinski definition) is 4. The van der Waals surface area contributed by atoms with Crippen LogP contribution in [-0.2, 0) is 6.42 Å². The molecule has 124 valence electrons. The number of aryl methyl sites for hydroxylation is 1. The molecule has 0 aliphatic heterocycles. The molecule has 0 bridgehead atoms. The number of carbonyl (C=O) groups excluding carboxylic acids is 1. The molecule has 1 atom stereocenters. The summed E-state index contributed by atoms with van der Waals surface area (Å²) in [7, 11) is 0. The number of rotatable bonds is 7. The Morgan fingerprint density at radius 3 is 2.96 bits per heavy atom. The largest absolute Gasteiger partial charge is 0.354 e. The molecule has 7 nitrogen and oxygen atoms in total. The van der Waals surface area contributed by atoms with E-state index in [1.807, 2.05) is 18.4 Å². The molecule has 0 aliphatic rings. The first-order chi connectivity index (χ1) is 11.0. The van der Waals surface area contributed by atoms with Gasteiger partial charge in [0.15, 0.2) is 0 Å². The molecule has 0 radical (unpaired) electrons. The summed E-state index contributed by atoms with van der Waals surface area (Å²) in [5, 5.41) is 10.6. The number of aromatic amines is 1. The van der Waals surface area contributed by atoms with Gasteiger partial charge in [-0.25, -0.2) is 9.78 Å². The van der Waals surface area contributed by atoms with Crippen LogP contribution < -0.4 is 21.5 Å². The molecule has 2 heterocycles. The summed E-state index contributed by atoms with van der Waals surface area (Å²) < 4.78 is 0. The summed E-state index contributed by atoms with van der Waals surface area (Å²) in [6.07, 6.45) is 0.817. The molecule has 0 unspecified atom stereocenters. The van der Waals surface area contributed by atoms with Crippen molar-refractivity contribution in [2.75, 3.05) is 18.4 Å². The van der Waals surface area contributed by atoms with Gasteiger partial charge in [-0.05, 0) is 25.3 Å². The van der Waals surface area contributed by atoms with Gasteiger partial charge in [-0.3, -0.25) is 9.78 Å². The summed E-state index contributed by atoms with van der Waals surface area (Å²) in [5.41, 5.74) is 0.442. The summed E-state index contributed by atoms with van der Waals surface area (Å²) in [5.74, 6) is 0.406. The Balaban J connectivity index is 1.65. The SMILES string of the molecule is Cc1cc(=O)[nH]c(NCCNC(=O)N[C@@H](C)Cc2cccs2)n1. The van der Waals surface area contributed by atoms with E-state index in [-0.39, 0.29) is 17.6 Å². The fraction of sp³-hybridized carbons (Fsp3) is 0.400. The zero-order chi connectivity index (χ0) is 16.7. The predicted molar refractivity (Wildman–Crippen MR) is 92.1 cm³/mol. The van der Waals surface area contributed by atoms with Crippen molar-refractivity contribution < 1.29 is 4.79 Å². The number of thiophene rings is 1. The van der Waals surface area contributed by atoms with Gasteiger partial charge >= 0.3 is 6.03 Å². The number of H-pyrrole nitrogens is 1. The zero-order valence-electron chi connectivity index (χ0n) is 13.2. The highest BCUT2D eigenvalue weighted by atomic mass is 32.1. The summed E-state index contributed by atoms with van der Waals surface area (Å²) >= 11 is 1.68. The van der Waals surface area contributed by atoms with E-state index >= 15 is 0 Å². The van der Waals surface area contributed by atoms with Crippen LogP contribution in [-0.4, -0.2) is 35.1 Å². The van der Waals surface area contributed by atoms with E-state index in [2.05, 4.69) is 32.0 Å². The Morgan fingerprint density at radius 2 is 2.26 bits per heavy atom. The second kappa shape index (κ2) is 8.33. The molecule has 4 N–H and O–H groups in total. The van der Waals surface area contributed by atoms with Crippen molar-refractivity contribution in [2.45, 2.75) is 26.3 Å². The molecular weight excluding hydrogens is 314 g/mol. The maximum absolute atomic E-state index is 11.8. The number of aromatic nitrogens is 2. The lowest BCUT2D eigenvalue weighted by atomic mass is 10.2. The third kappa shape index (κ3) is 6.11. The number of urea groups is 1. The highest BCUT2D eigenvalue weighted by Crippen LogP contribution is 2.10. The van der Waals surface area contributed by atoms with Crippen LogP contribution in [0.2, 0.25) is 0 Å². The number of amides is 2. The first kappa shape index (κ1) is 17.0. The van der Waals surface area contributed by atoms with Gasteiger partial charge in [-0.1, -0.05) is 6.07 Å². The smallest absolute Gasteiger partial charge is 0.315 e. The average Bonchev–Trinajstić information content (AvgIpc) is 2.95. The van der Waals surface area contributed by atoms with Gasteiger partial charge in [-0.15, -0.1) is 11.3 Å². The summed E-state index contributed by atoms with van der Waals surface area (Å²) in [6.45, 7) is 4.62. The topological polar surface area (TPSA) is 98.9 Å². The molecule has 0 saturated carbocycles. The lowest BCUT2D eigenvalue weighted by Gasteiger charge is -2.14. The standard InChI is InChI=1S/C15H21N5O2S/c1-10(8-12-4-3-7-23-12)19-15(22)17-6-5-16-14-18-11(2)9-13(21)20-14/h3-4,7,9-10H,5-6,8H2,1-2H3,(H2,17,19,22)(H2,16,18,20,21)/t10-/m0/s1. The molecule has 0 spiro atoms. The van der Waals surface area contributed by atoms with E-state index in [4.69, 9.17) is 0 Å². The van der Waals surface area contributed by atoms with Gasteiger partial charge in [0.25, 0.3) is 5.56 Å². The molecule has 0 aromatic carbocycles. The van der Waals surface area contributed by atoms with Crippen molar-refractivity contribution in [3.63, 3.8) is 0 Å². The van der Waals surface area contributed by atoms with Crippen LogP contribution in [0.25, 0.3) is 0 Å². The number of hydrogen-bond acceptors (Lipinski definition) is 5. The fourth-order valence-corrected chi connectivity index (χ4v) is 2.91. The van der Waals surface area contributed by atoms with Crippen LogP contribution in [0.5, 0.6) is 0 Å². The van der Waals surface area contributed by atoms with E-state index < -0.39 is 0 Å². The predicted octanol–water partition coefficient (Wildman–Crippen LogP) is 1.48. The van der Waals surface area contributed by atoms with Crippen LogP contribution in [0.3, 0.4) is 0 Å². The van der Waals surface area contributed by atoms with Crippen molar-refractivity contribution in [2.24, 2.45) is 0 Å². The van der Waals surface area contributed by atoms with Gasteiger partial charge in [0, 0.05) is 42.2 Å². The Bertz CT molecular complexity index is 683. The van der Waals surface area contributed by atoms with Crippen molar-refractivity contribution in [3.05, 3.63) is 44.5 Å². The molecule has 2 rings (SSSR count). The molecule has 8 heteroatoms. The Hall–Kier alpha value is -2.35. The number of carbonyl (C=O) groups is 1. The van der Waals surface area contributed by atoms with Gasteiger partial charge in [0.1, 0.15) is 0 Å². The van der Waals surface area contributed by atoms with Crippen LogP contribution in [0.4, 0.5) is 10.7 Å². The molecule has 2 aromatic heterocycles. The molecule has 0 aliphatic carbocycles. The lowest BCUT2D eigenvalue weighted by molar-refractivity contribution is 0.238. The van der Waals surface area contributed by atoms with Crippen LogP contribution >= 0.6 is 11.3 Å². The summed E-state index contributed by atoms with van der Waals surface area (Å²) in [4.78, 5) is 31.1. The Morgan fingerprint density at radius 1 is 1.43 bits per heavy atom. The van der Waals surface area contributed by atoms with Crippen molar-refractivity contribution >= 4 is 23.3 Å². The molecule has 0 saturated heterocycles. The highest BCUT2D eigenvalue weighted by molar-refractivity contribution is 7.09. The lowest BCUT2D eigenvalue weighted by Crippen LogP contribution is -2.43. The van der Waals surface area contributed by atoms with E-state index in [0.29, 0.717) is 24.7 Å². The van der Waals surface area contributed by atoms with Crippen molar-refractivity contribution in [1.82, 2.24) is 20.6 Å². The van der Waals surface area contributed by atoms with E-state index in [1.54, 1.807) is 18.3 Å². The van der Waals surface area contributed by atoms with E-state index in [0.717, 1.165) is 6.42 Å². The molecule has 23 heavy (non-hydrogen) atoms. The van der Waals surface area contributed by atoms with Crippen LogP contribution in [0.15, 0.2) is 28.4 Å². The second-order valence-corrected chi connectivity index (χ2v) is 6.28. The van der Waals surface area contributed by atoms with Gasteiger partial charge in [-0.2, -0.15) is 0 Å². The highest BCUT2D eigenvalue weighted by Gasteiger charge is 2.08. The second-order valence-electron chi connectivity index (χ2n) is 5.25.